The molecule has 3 nitrogen and oxygen atoms in total. The van der Waals surface area contributed by atoms with E-state index in [-0.39, 0.29) is 11.9 Å². The highest BCUT2D eigenvalue weighted by Gasteiger charge is 2.18. The van der Waals surface area contributed by atoms with Gasteiger partial charge >= 0.3 is 0 Å². The second-order valence-corrected chi connectivity index (χ2v) is 3.92. The Morgan fingerprint density at radius 1 is 1.58 bits per heavy atom. The zero-order valence-corrected chi connectivity index (χ0v) is 8.25. The van der Waals surface area contributed by atoms with E-state index in [1.807, 2.05) is 0 Å². The van der Waals surface area contributed by atoms with E-state index in [9.17, 15) is 4.79 Å². The molecule has 1 aliphatic heterocycles. The van der Waals surface area contributed by atoms with Gasteiger partial charge < -0.3 is 10.6 Å². The summed E-state index contributed by atoms with van der Waals surface area (Å²) in [7, 11) is 0. The smallest absolute Gasteiger partial charge is 0.237 e. The van der Waals surface area contributed by atoms with Crippen molar-refractivity contribution in [1.29, 1.82) is 0 Å². The Balaban J connectivity index is 2.31. The Labute approximate surface area is 77.7 Å². The van der Waals surface area contributed by atoms with Gasteiger partial charge in [-0.25, -0.2) is 0 Å². The molecule has 12 heavy (non-hydrogen) atoms. The van der Waals surface area contributed by atoms with E-state index in [1.54, 1.807) is 11.8 Å². The summed E-state index contributed by atoms with van der Waals surface area (Å²) >= 11 is 1.78. The molecule has 0 unspecified atom stereocenters. The Morgan fingerprint density at radius 2 is 2.42 bits per heavy atom. The summed E-state index contributed by atoms with van der Waals surface area (Å²) in [6.07, 6.45) is 4.04. The first-order valence-corrected chi connectivity index (χ1v) is 5.74. The predicted octanol–water partition coefficient (Wildman–Crippen LogP) is 0.218. The first kappa shape index (κ1) is 9.86. The van der Waals surface area contributed by atoms with E-state index in [4.69, 9.17) is 0 Å². The molecular weight excluding hydrogens is 172 g/mol. The highest BCUT2D eigenvalue weighted by molar-refractivity contribution is 7.98. The lowest BCUT2D eigenvalue weighted by Crippen LogP contribution is -2.41. The fourth-order valence-electron chi connectivity index (χ4n) is 1.26. The second kappa shape index (κ2) is 5.43. The molecule has 1 atom stereocenters. The number of rotatable bonds is 3. The number of carbonyl (C=O) groups is 1. The number of nitrogens with one attached hydrogen (secondary N) is 2. The summed E-state index contributed by atoms with van der Waals surface area (Å²) < 4.78 is 0. The lowest BCUT2D eigenvalue weighted by atomic mass is 10.2. The molecule has 1 rings (SSSR count). The summed E-state index contributed by atoms with van der Waals surface area (Å²) in [6, 6.07) is 0.0416. The van der Waals surface area contributed by atoms with Crippen LogP contribution in [-0.4, -0.2) is 37.0 Å². The summed E-state index contributed by atoms with van der Waals surface area (Å²) in [6.45, 7) is 1.78. The standard InChI is InChI=1S/C8H16N2OS/c1-12-6-3-7-8(11)10-5-2-4-9-7/h7,9H,2-6H2,1H3,(H,10,11)/t7-/m0/s1. The molecule has 1 heterocycles. The minimum Gasteiger partial charge on any atom is -0.355 e. The van der Waals surface area contributed by atoms with Gasteiger partial charge in [0.15, 0.2) is 0 Å². The molecular formula is C8H16N2OS. The maximum absolute atomic E-state index is 11.3. The lowest BCUT2D eigenvalue weighted by molar-refractivity contribution is -0.122. The Bertz CT molecular complexity index is 152. The van der Waals surface area contributed by atoms with Crippen molar-refractivity contribution in [2.45, 2.75) is 18.9 Å². The van der Waals surface area contributed by atoms with E-state index in [1.165, 1.54) is 0 Å². The van der Waals surface area contributed by atoms with Gasteiger partial charge in [-0.05, 0) is 31.4 Å². The Morgan fingerprint density at radius 3 is 3.17 bits per heavy atom. The monoisotopic (exact) mass is 188 g/mol. The van der Waals surface area contributed by atoms with Gasteiger partial charge in [-0.15, -0.1) is 0 Å². The zero-order valence-electron chi connectivity index (χ0n) is 7.43. The van der Waals surface area contributed by atoms with E-state index < -0.39 is 0 Å². The van der Waals surface area contributed by atoms with Crippen LogP contribution in [0.5, 0.6) is 0 Å². The van der Waals surface area contributed by atoms with Crippen LogP contribution in [0.3, 0.4) is 0 Å². The normalized spacial score (nSPS) is 24.8. The van der Waals surface area contributed by atoms with E-state index in [0.717, 1.165) is 31.7 Å². The number of amides is 1. The van der Waals surface area contributed by atoms with Gasteiger partial charge in [-0.3, -0.25) is 4.79 Å². The third-order valence-corrected chi connectivity index (χ3v) is 2.61. The van der Waals surface area contributed by atoms with Gasteiger partial charge in [0.05, 0.1) is 6.04 Å². The summed E-state index contributed by atoms with van der Waals surface area (Å²) in [5.74, 6) is 1.21. The molecule has 70 valence electrons. The van der Waals surface area contributed by atoms with Gasteiger partial charge in [0.1, 0.15) is 0 Å². The number of thioether (sulfide) groups is 1. The van der Waals surface area contributed by atoms with Crippen molar-refractivity contribution >= 4 is 17.7 Å². The first-order valence-electron chi connectivity index (χ1n) is 4.34. The number of hydrogen-bond acceptors (Lipinski definition) is 3. The fourth-order valence-corrected chi connectivity index (χ4v) is 1.73. The van der Waals surface area contributed by atoms with Crippen LogP contribution in [0.25, 0.3) is 0 Å². The molecule has 1 aliphatic rings. The molecule has 0 saturated carbocycles. The average molecular weight is 188 g/mol. The zero-order chi connectivity index (χ0) is 8.81. The van der Waals surface area contributed by atoms with E-state index in [0.29, 0.717) is 0 Å². The van der Waals surface area contributed by atoms with Crippen LogP contribution >= 0.6 is 11.8 Å². The maximum Gasteiger partial charge on any atom is 0.237 e. The molecule has 1 fully saturated rings. The Hall–Kier alpha value is -0.220. The minimum absolute atomic E-state index is 0.0416. The van der Waals surface area contributed by atoms with Crippen LogP contribution in [0.4, 0.5) is 0 Å². The lowest BCUT2D eigenvalue weighted by Gasteiger charge is -2.12. The molecule has 0 aromatic rings. The predicted molar refractivity (Wildman–Crippen MR) is 52.4 cm³/mol. The quantitative estimate of drug-likeness (QED) is 0.665. The third kappa shape index (κ3) is 3.03. The average Bonchev–Trinajstić information content (AvgIpc) is 2.27. The SMILES string of the molecule is CSCC[C@@H]1NCCCNC1=O. The number of hydrogen-bond donors (Lipinski definition) is 2. The topological polar surface area (TPSA) is 41.1 Å². The second-order valence-electron chi connectivity index (χ2n) is 2.93. The molecule has 0 spiro atoms. The third-order valence-electron chi connectivity index (χ3n) is 1.97. The summed E-state index contributed by atoms with van der Waals surface area (Å²) in [5.41, 5.74) is 0. The number of carbonyl (C=O) groups excluding carboxylic acids is 1. The van der Waals surface area contributed by atoms with Gasteiger partial charge in [0, 0.05) is 6.54 Å². The molecule has 1 saturated heterocycles. The van der Waals surface area contributed by atoms with E-state index in [2.05, 4.69) is 16.9 Å². The molecule has 0 aliphatic carbocycles. The van der Waals surface area contributed by atoms with Crippen molar-refractivity contribution in [2.75, 3.05) is 25.1 Å². The first-order chi connectivity index (χ1) is 5.84. The summed E-state index contributed by atoms with van der Waals surface area (Å²) in [4.78, 5) is 11.3. The van der Waals surface area contributed by atoms with E-state index >= 15 is 0 Å². The van der Waals surface area contributed by atoms with Crippen molar-refractivity contribution in [3.63, 3.8) is 0 Å². The van der Waals surface area contributed by atoms with Crippen LogP contribution in [0.15, 0.2) is 0 Å². The highest BCUT2D eigenvalue weighted by Crippen LogP contribution is 2.02. The largest absolute Gasteiger partial charge is 0.355 e. The van der Waals surface area contributed by atoms with Crippen LogP contribution < -0.4 is 10.6 Å². The Kier molecular flexibility index (Phi) is 4.46. The van der Waals surface area contributed by atoms with Crippen LogP contribution in [0, 0.1) is 0 Å². The van der Waals surface area contributed by atoms with Gasteiger partial charge in [0.2, 0.25) is 5.91 Å². The van der Waals surface area contributed by atoms with Crippen molar-refractivity contribution in [3.8, 4) is 0 Å². The van der Waals surface area contributed by atoms with Crippen molar-refractivity contribution in [1.82, 2.24) is 10.6 Å². The van der Waals surface area contributed by atoms with Crippen LogP contribution in [0.2, 0.25) is 0 Å². The fraction of sp³-hybridized carbons (Fsp3) is 0.875. The highest BCUT2D eigenvalue weighted by atomic mass is 32.2. The molecule has 0 aromatic heterocycles. The maximum atomic E-state index is 11.3. The molecule has 2 N–H and O–H groups in total. The summed E-state index contributed by atoms with van der Waals surface area (Å²) in [5, 5.41) is 6.13. The van der Waals surface area contributed by atoms with Crippen molar-refractivity contribution in [3.05, 3.63) is 0 Å². The minimum atomic E-state index is 0.0416. The molecule has 0 aromatic carbocycles. The molecule has 4 heteroatoms. The molecule has 0 radical (unpaired) electrons. The van der Waals surface area contributed by atoms with Crippen LogP contribution in [-0.2, 0) is 4.79 Å². The van der Waals surface area contributed by atoms with Crippen molar-refractivity contribution in [2.24, 2.45) is 0 Å². The van der Waals surface area contributed by atoms with Crippen LogP contribution in [0.1, 0.15) is 12.8 Å². The molecule has 0 bridgehead atoms. The van der Waals surface area contributed by atoms with Gasteiger partial charge in [-0.1, -0.05) is 0 Å². The van der Waals surface area contributed by atoms with Gasteiger partial charge in [-0.2, -0.15) is 11.8 Å². The van der Waals surface area contributed by atoms with Crippen molar-refractivity contribution < 1.29 is 4.79 Å². The molecule has 1 amide bonds. The van der Waals surface area contributed by atoms with Gasteiger partial charge in [0.25, 0.3) is 0 Å².